The maximum Gasteiger partial charge on any atom is 0.0945 e. The van der Waals surface area contributed by atoms with Crippen LogP contribution in [0.25, 0.3) is 0 Å². The van der Waals surface area contributed by atoms with Crippen LogP contribution in [0.2, 0.25) is 5.02 Å². The van der Waals surface area contributed by atoms with E-state index in [1.54, 1.807) is 11.3 Å². The fourth-order valence-electron chi connectivity index (χ4n) is 2.05. The summed E-state index contributed by atoms with van der Waals surface area (Å²) in [5, 5.41) is 2.62. The molecule has 0 bridgehead atoms. The van der Waals surface area contributed by atoms with Crippen LogP contribution in [-0.2, 0) is 12.8 Å². The normalized spacial score (nSPS) is 12.7. The van der Waals surface area contributed by atoms with Crippen molar-refractivity contribution in [2.45, 2.75) is 32.1 Å². The van der Waals surface area contributed by atoms with E-state index in [0.717, 1.165) is 22.7 Å². The third-order valence-electron chi connectivity index (χ3n) is 3.15. The largest absolute Gasteiger partial charge is 0.145 e. The molecule has 0 aliphatic heterocycles. The number of thiophene rings is 1. The van der Waals surface area contributed by atoms with Crippen molar-refractivity contribution in [3.05, 3.63) is 56.2 Å². The van der Waals surface area contributed by atoms with E-state index in [1.165, 1.54) is 16.7 Å². The van der Waals surface area contributed by atoms with Crippen LogP contribution in [0.5, 0.6) is 0 Å². The van der Waals surface area contributed by atoms with Crippen molar-refractivity contribution in [3.8, 4) is 0 Å². The predicted molar refractivity (Wildman–Crippen MR) is 82.2 cm³/mol. The molecule has 0 saturated heterocycles. The first-order chi connectivity index (χ1) is 8.67. The Kier molecular flexibility index (Phi) is 4.71. The second kappa shape index (κ2) is 6.10. The summed E-state index contributed by atoms with van der Waals surface area (Å²) in [6.07, 6.45) is 2.02. The zero-order valence-corrected chi connectivity index (χ0v) is 12.9. The Bertz CT molecular complexity index is 531. The number of hydrogen-bond acceptors (Lipinski definition) is 1. The molecule has 1 aromatic carbocycles. The highest BCUT2D eigenvalue weighted by atomic mass is 35.5. The number of benzene rings is 1. The van der Waals surface area contributed by atoms with Crippen molar-refractivity contribution >= 4 is 34.5 Å². The summed E-state index contributed by atoms with van der Waals surface area (Å²) in [7, 11) is 0. The summed E-state index contributed by atoms with van der Waals surface area (Å²) in [4.78, 5) is 1.04. The van der Waals surface area contributed by atoms with Crippen LogP contribution in [0.1, 0.15) is 40.8 Å². The summed E-state index contributed by atoms with van der Waals surface area (Å²) in [5.41, 5.74) is 3.82. The van der Waals surface area contributed by atoms with Gasteiger partial charge < -0.3 is 0 Å². The van der Waals surface area contributed by atoms with Gasteiger partial charge in [-0.1, -0.05) is 43.6 Å². The van der Waals surface area contributed by atoms with Gasteiger partial charge in [-0.05, 0) is 41.0 Å². The van der Waals surface area contributed by atoms with Gasteiger partial charge in [0.15, 0.2) is 0 Å². The predicted octanol–water partition coefficient (Wildman–Crippen LogP) is 5.85. The molecule has 2 aromatic rings. The average Bonchev–Trinajstić information content (AvgIpc) is 2.83. The molecule has 0 aliphatic carbocycles. The molecule has 0 radical (unpaired) electrons. The molecule has 18 heavy (non-hydrogen) atoms. The Morgan fingerprint density at radius 3 is 2.50 bits per heavy atom. The number of hydrogen-bond donors (Lipinski definition) is 0. The summed E-state index contributed by atoms with van der Waals surface area (Å²) in [6.45, 7) is 4.32. The van der Waals surface area contributed by atoms with Crippen LogP contribution in [0.15, 0.2) is 29.6 Å². The molecule has 1 aromatic heterocycles. The van der Waals surface area contributed by atoms with E-state index >= 15 is 0 Å². The van der Waals surface area contributed by atoms with Gasteiger partial charge in [0, 0.05) is 4.88 Å². The van der Waals surface area contributed by atoms with Crippen LogP contribution in [0, 0.1) is 0 Å². The van der Waals surface area contributed by atoms with E-state index in [9.17, 15) is 0 Å². The van der Waals surface area contributed by atoms with Crippen molar-refractivity contribution < 1.29 is 0 Å². The zero-order valence-electron chi connectivity index (χ0n) is 10.5. The molecule has 1 unspecified atom stereocenters. The first kappa shape index (κ1) is 13.9. The van der Waals surface area contributed by atoms with Gasteiger partial charge in [-0.25, -0.2) is 0 Å². The smallest absolute Gasteiger partial charge is 0.0945 e. The van der Waals surface area contributed by atoms with Crippen LogP contribution in [0.4, 0.5) is 0 Å². The second-order valence-electron chi connectivity index (χ2n) is 4.24. The number of rotatable bonds is 4. The molecule has 2 rings (SSSR count). The third kappa shape index (κ3) is 2.74. The molecule has 1 atom stereocenters. The molecular formula is C15H16Cl2S. The molecule has 96 valence electrons. The molecule has 0 fully saturated rings. The SMILES string of the molecule is CCc1ccc(CC)c(C(Cl)c2sccc2Cl)c1. The molecule has 0 amide bonds. The molecule has 0 N–H and O–H groups in total. The minimum Gasteiger partial charge on any atom is -0.145 e. The molecular weight excluding hydrogens is 283 g/mol. The molecule has 0 spiro atoms. The van der Waals surface area contributed by atoms with Gasteiger partial charge in [0.1, 0.15) is 0 Å². The minimum absolute atomic E-state index is 0.140. The van der Waals surface area contributed by atoms with Crippen molar-refractivity contribution in [1.29, 1.82) is 0 Å². The highest BCUT2D eigenvalue weighted by molar-refractivity contribution is 7.11. The van der Waals surface area contributed by atoms with Crippen LogP contribution in [0.3, 0.4) is 0 Å². The molecule has 0 aliphatic rings. The Hall–Kier alpha value is -0.500. The van der Waals surface area contributed by atoms with Crippen LogP contribution < -0.4 is 0 Å². The summed E-state index contributed by atoms with van der Waals surface area (Å²) in [6, 6.07) is 8.49. The lowest BCUT2D eigenvalue weighted by Crippen LogP contribution is -1.99. The minimum atomic E-state index is -0.140. The monoisotopic (exact) mass is 298 g/mol. The van der Waals surface area contributed by atoms with Crippen molar-refractivity contribution in [1.82, 2.24) is 0 Å². The fourth-order valence-corrected chi connectivity index (χ4v) is 3.74. The highest BCUT2D eigenvalue weighted by Gasteiger charge is 2.18. The van der Waals surface area contributed by atoms with Gasteiger partial charge in [0.05, 0.1) is 10.4 Å². The Labute approximate surface area is 123 Å². The molecule has 0 nitrogen and oxygen atoms in total. The number of halogens is 2. The van der Waals surface area contributed by atoms with E-state index < -0.39 is 0 Å². The van der Waals surface area contributed by atoms with Crippen molar-refractivity contribution in [2.75, 3.05) is 0 Å². The summed E-state index contributed by atoms with van der Waals surface area (Å²) < 4.78 is 0. The second-order valence-corrected chi connectivity index (χ2v) is 6.03. The fraction of sp³-hybridized carbons (Fsp3) is 0.333. The number of alkyl halides is 1. The molecule has 3 heteroatoms. The third-order valence-corrected chi connectivity index (χ3v) is 5.15. The average molecular weight is 299 g/mol. The lowest BCUT2D eigenvalue weighted by Gasteiger charge is -2.15. The van der Waals surface area contributed by atoms with E-state index in [4.69, 9.17) is 23.2 Å². The van der Waals surface area contributed by atoms with Gasteiger partial charge in [0.25, 0.3) is 0 Å². The van der Waals surface area contributed by atoms with Crippen molar-refractivity contribution in [2.24, 2.45) is 0 Å². The first-order valence-electron chi connectivity index (χ1n) is 6.16. The summed E-state index contributed by atoms with van der Waals surface area (Å²) >= 11 is 14.4. The van der Waals surface area contributed by atoms with E-state index in [0.29, 0.717) is 0 Å². The maximum absolute atomic E-state index is 6.62. The lowest BCUT2D eigenvalue weighted by molar-refractivity contribution is 1.03. The zero-order chi connectivity index (χ0) is 13.1. The summed E-state index contributed by atoms with van der Waals surface area (Å²) in [5.74, 6) is 0. The van der Waals surface area contributed by atoms with E-state index in [2.05, 4.69) is 32.0 Å². The van der Waals surface area contributed by atoms with Crippen molar-refractivity contribution in [3.63, 3.8) is 0 Å². The maximum atomic E-state index is 6.62. The molecule has 0 saturated carbocycles. The topological polar surface area (TPSA) is 0 Å². The standard InChI is InChI=1S/C15H16Cl2S/c1-3-10-5-6-11(4-2)12(9-10)14(17)15-13(16)7-8-18-15/h5-9,14H,3-4H2,1-2H3. The Morgan fingerprint density at radius 1 is 1.17 bits per heavy atom. The van der Waals surface area contributed by atoms with Gasteiger partial charge in [-0.3, -0.25) is 0 Å². The first-order valence-corrected chi connectivity index (χ1v) is 7.85. The van der Waals surface area contributed by atoms with Gasteiger partial charge in [-0.2, -0.15) is 0 Å². The Morgan fingerprint density at radius 2 is 1.94 bits per heavy atom. The Balaban J connectivity index is 2.45. The van der Waals surface area contributed by atoms with Crippen LogP contribution in [-0.4, -0.2) is 0 Å². The number of aryl methyl sites for hydroxylation is 2. The highest BCUT2D eigenvalue weighted by Crippen LogP contribution is 2.39. The van der Waals surface area contributed by atoms with Gasteiger partial charge in [0.2, 0.25) is 0 Å². The quantitative estimate of drug-likeness (QED) is 0.621. The van der Waals surface area contributed by atoms with Gasteiger partial charge >= 0.3 is 0 Å². The van der Waals surface area contributed by atoms with E-state index in [-0.39, 0.29) is 5.38 Å². The van der Waals surface area contributed by atoms with Gasteiger partial charge in [-0.15, -0.1) is 22.9 Å². The molecule has 1 heterocycles. The van der Waals surface area contributed by atoms with E-state index in [1.807, 2.05) is 11.4 Å². The van der Waals surface area contributed by atoms with Crippen LogP contribution >= 0.6 is 34.5 Å². The lowest BCUT2D eigenvalue weighted by atomic mass is 9.97.